The van der Waals surface area contributed by atoms with Crippen molar-refractivity contribution in [3.8, 4) is 0 Å². The van der Waals surface area contributed by atoms with E-state index >= 15 is 0 Å². The highest BCUT2D eigenvalue weighted by molar-refractivity contribution is 6.22. The molecule has 3 amide bonds. The molecule has 0 unspecified atom stereocenters. The minimum Gasteiger partial charge on any atom is -0.337 e. The predicted molar refractivity (Wildman–Crippen MR) is 106 cm³/mol. The second kappa shape index (κ2) is 7.58. The molecule has 2 aromatic rings. The molecule has 1 saturated carbocycles. The highest BCUT2D eigenvalue weighted by Crippen LogP contribution is 2.31. The predicted octanol–water partition coefficient (Wildman–Crippen LogP) is 3.89. The van der Waals surface area contributed by atoms with E-state index in [2.05, 4.69) is 0 Å². The maximum atomic E-state index is 12.9. The van der Waals surface area contributed by atoms with Crippen molar-refractivity contribution >= 4 is 17.7 Å². The van der Waals surface area contributed by atoms with Gasteiger partial charge in [0.15, 0.2) is 0 Å². The van der Waals surface area contributed by atoms with Crippen LogP contribution in [-0.2, 0) is 6.54 Å². The van der Waals surface area contributed by atoms with Gasteiger partial charge in [0.05, 0.1) is 11.1 Å². The average Bonchev–Trinajstić information content (AvgIpc) is 2.98. The number of rotatable bonds is 4. The lowest BCUT2D eigenvalue weighted by atomic mass is 9.94. The van der Waals surface area contributed by atoms with Crippen LogP contribution in [-0.4, -0.2) is 40.6 Å². The van der Waals surface area contributed by atoms with Crippen LogP contribution in [0.5, 0.6) is 0 Å². The van der Waals surface area contributed by atoms with E-state index in [4.69, 9.17) is 0 Å². The molecule has 0 spiro atoms. The van der Waals surface area contributed by atoms with E-state index in [1.54, 1.807) is 30.1 Å². The van der Waals surface area contributed by atoms with Gasteiger partial charge in [0.2, 0.25) is 0 Å². The Morgan fingerprint density at radius 2 is 1.64 bits per heavy atom. The van der Waals surface area contributed by atoms with Gasteiger partial charge in [0, 0.05) is 25.2 Å². The van der Waals surface area contributed by atoms with E-state index in [1.807, 2.05) is 30.3 Å². The SMILES string of the molecule is CN(Cc1ccccc1)C(=O)c1ccc2c(c1)C(=O)N(C1CCCCC1)C2=O. The summed E-state index contributed by atoms with van der Waals surface area (Å²) in [5.41, 5.74) is 2.24. The number of amides is 3. The Labute approximate surface area is 164 Å². The minimum absolute atomic E-state index is 0.0129. The number of fused-ring (bicyclic) bond motifs is 1. The first-order valence-corrected chi connectivity index (χ1v) is 9.87. The standard InChI is InChI=1S/C23H24N2O3/c1-24(15-16-8-4-2-5-9-16)21(26)17-12-13-19-20(14-17)23(28)25(22(19)27)18-10-6-3-7-11-18/h2,4-5,8-9,12-14,18H,3,6-7,10-11,15H2,1H3. The summed E-state index contributed by atoms with van der Waals surface area (Å²) in [6.07, 6.45) is 5.00. The first-order valence-electron chi connectivity index (χ1n) is 9.87. The van der Waals surface area contributed by atoms with E-state index in [1.165, 1.54) is 4.90 Å². The number of nitrogens with zero attached hydrogens (tertiary/aromatic N) is 2. The Balaban J connectivity index is 1.55. The smallest absolute Gasteiger partial charge is 0.261 e. The Kier molecular flexibility index (Phi) is 4.99. The maximum Gasteiger partial charge on any atom is 0.261 e. The van der Waals surface area contributed by atoms with Crippen molar-refractivity contribution in [1.82, 2.24) is 9.80 Å². The third-order valence-electron chi connectivity index (χ3n) is 5.71. The summed E-state index contributed by atoms with van der Waals surface area (Å²) < 4.78 is 0. The monoisotopic (exact) mass is 376 g/mol. The number of hydrogen-bond donors (Lipinski definition) is 0. The van der Waals surface area contributed by atoms with Crippen molar-refractivity contribution in [3.63, 3.8) is 0 Å². The van der Waals surface area contributed by atoms with Gasteiger partial charge in [0.25, 0.3) is 17.7 Å². The second-order valence-corrected chi connectivity index (χ2v) is 7.68. The van der Waals surface area contributed by atoms with Crippen LogP contribution in [0.2, 0.25) is 0 Å². The van der Waals surface area contributed by atoms with E-state index < -0.39 is 0 Å². The van der Waals surface area contributed by atoms with E-state index in [0.717, 1.165) is 37.7 Å². The summed E-state index contributed by atoms with van der Waals surface area (Å²) in [4.78, 5) is 41.6. The molecule has 1 heterocycles. The molecule has 0 radical (unpaired) electrons. The molecule has 1 aliphatic carbocycles. The molecule has 0 saturated heterocycles. The molecule has 144 valence electrons. The first-order chi connectivity index (χ1) is 13.6. The van der Waals surface area contributed by atoms with Gasteiger partial charge in [-0.15, -0.1) is 0 Å². The van der Waals surface area contributed by atoms with Crippen molar-refractivity contribution in [2.24, 2.45) is 0 Å². The molecule has 5 nitrogen and oxygen atoms in total. The molecule has 1 aliphatic heterocycles. The Morgan fingerprint density at radius 3 is 2.36 bits per heavy atom. The zero-order valence-corrected chi connectivity index (χ0v) is 16.1. The molecule has 28 heavy (non-hydrogen) atoms. The van der Waals surface area contributed by atoms with Crippen molar-refractivity contribution in [1.29, 1.82) is 0 Å². The molecule has 0 aromatic heterocycles. The van der Waals surface area contributed by atoms with Crippen molar-refractivity contribution < 1.29 is 14.4 Å². The Morgan fingerprint density at radius 1 is 0.964 bits per heavy atom. The zero-order chi connectivity index (χ0) is 19.7. The molecule has 2 aliphatic rings. The normalized spacial score (nSPS) is 17.0. The molecular weight excluding hydrogens is 352 g/mol. The Hall–Kier alpha value is -2.95. The van der Waals surface area contributed by atoms with Gasteiger partial charge in [0.1, 0.15) is 0 Å². The van der Waals surface area contributed by atoms with Crippen LogP contribution in [0, 0.1) is 0 Å². The zero-order valence-electron chi connectivity index (χ0n) is 16.1. The van der Waals surface area contributed by atoms with Gasteiger partial charge in [-0.1, -0.05) is 49.6 Å². The number of carbonyl (C=O) groups is 3. The molecule has 4 rings (SSSR count). The van der Waals surface area contributed by atoms with Gasteiger partial charge >= 0.3 is 0 Å². The van der Waals surface area contributed by atoms with Crippen molar-refractivity contribution in [3.05, 3.63) is 70.8 Å². The molecule has 5 heteroatoms. The fraction of sp³-hybridized carbons (Fsp3) is 0.348. The van der Waals surface area contributed by atoms with Crippen molar-refractivity contribution in [2.75, 3.05) is 7.05 Å². The van der Waals surface area contributed by atoms with Gasteiger partial charge in [-0.3, -0.25) is 19.3 Å². The molecule has 0 bridgehead atoms. The van der Waals surface area contributed by atoms with Crippen LogP contribution in [0.15, 0.2) is 48.5 Å². The van der Waals surface area contributed by atoms with Crippen LogP contribution in [0.25, 0.3) is 0 Å². The summed E-state index contributed by atoms with van der Waals surface area (Å²) in [5.74, 6) is -0.640. The molecular formula is C23H24N2O3. The topological polar surface area (TPSA) is 57.7 Å². The highest BCUT2D eigenvalue weighted by Gasteiger charge is 2.40. The summed E-state index contributed by atoms with van der Waals surface area (Å²) in [6.45, 7) is 0.484. The quantitative estimate of drug-likeness (QED) is 0.761. The molecule has 1 fully saturated rings. The lowest BCUT2D eigenvalue weighted by Crippen LogP contribution is -2.40. The Bertz CT molecular complexity index is 917. The van der Waals surface area contributed by atoms with Gasteiger partial charge in [-0.2, -0.15) is 0 Å². The maximum absolute atomic E-state index is 12.9. The van der Waals surface area contributed by atoms with E-state index in [-0.39, 0.29) is 23.8 Å². The van der Waals surface area contributed by atoms with Crippen LogP contribution in [0.4, 0.5) is 0 Å². The van der Waals surface area contributed by atoms with Crippen LogP contribution in [0.3, 0.4) is 0 Å². The van der Waals surface area contributed by atoms with Gasteiger partial charge < -0.3 is 4.90 Å². The number of benzene rings is 2. The summed E-state index contributed by atoms with van der Waals surface area (Å²) in [5, 5.41) is 0. The van der Waals surface area contributed by atoms with Gasteiger partial charge in [-0.05, 0) is 36.6 Å². The number of carbonyl (C=O) groups excluding carboxylic acids is 3. The first kappa shape index (κ1) is 18.4. The van der Waals surface area contributed by atoms with Crippen LogP contribution >= 0.6 is 0 Å². The number of hydrogen-bond acceptors (Lipinski definition) is 3. The largest absolute Gasteiger partial charge is 0.337 e. The van der Waals surface area contributed by atoms with E-state index in [9.17, 15) is 14.4 Å². The van der Waals surface area contributed by atoms with Gasteiger partial charge in [-0.25, -0.2) is 0 Å². The molecule has 0 N–H and O–H groups in total. The summed E-state index contributed by atoms with van der Waals surface area (Å²) in [6, 6.07) is 14.6. The average molecular weight is 376 g/mol. The van der Waals surface area contributed by atoms with E-state index in [0.29, 0.717) is 23.2 Å². The van der Waals surface area contributed by atoms with Crippen molar-refractivity contribution in [2.45, 2.75) is 44.7 Å². The fourth-order valence-corrected chi connectivity index (χ4v) is 4.21. The fourth-order valence-electron chi connectivity index (χ4n) is 4.21. The van der Waals surface area contributed by atoms with Crippen LogP contribution < -0.4 is 0 Å². The molecule has 0 atom stereocenters. The summed E-state index contributed by atoms with van der Waals surface area (Å²) in [7, 11) is 1.74. The lowest BCUT2D eigenvalue weighted by molar-refractivity contribution is 0.0548. The number of imide groups is 1. The van der Waals surface area contributed by atoms with Crippen LogP contribution in [0.1, 0.15) is 68.7 Å². The third kappa shape index (κ3) is 3.33. The molecule has 2 aromatic carbocycles. The summed E-state index contributed by atoms with van der Waals surface area (Å²) >= 11 is 0. The highest BCUT2D eigenvalue weighted by atomic mass is 16.2. The minimum atomic E-state index is -0.257. The lowest BCUT2D eigenvalue weighted by Gasteiger charge is -2.29. The third-order valence-corrected chi connectivity index (χ3v) is 5.71. The second-order valence-electron chi connectivity index (χ2n) is 7.68.